The van der Waals surface area contributed by atoms with Crippen LogP contribution in [0.1, 0.15) is 25.0 Å². The second-order valence-electron chi connectivity index (χ2n) is 4.84. The van der Waals surface area contributed by atoms with Gasteiger partial charge in [-0.15, -0.1) is 0 Å². The van der Waals surface area contributed by atoms with E-state index in [-0.39, 0.29) is 18.0 Å². The Morgan fingerprint density at radius 2 is 2.28 bits per heavy atom. The highest BCUT2D eigenvalue weighted by Crippen LogP contribution is 2.18. The summed E-state index contributed by atoms with van der Waals surface area (Å²) >= 11 is 0. The number of hydrogen-bond acceptors (Lipinski definition) is 3. The zero-order valence-electron chi connectivity index (χ0n) is 10.7. The van der Waals surface area contributed by atoms with Crippen molar-refractivity contribution in [2.24, 2.45) is 0 Å². The Balaban J connectivity index is 2.15. The van der Waals surface area contributed by atoms with Crippen LogP contribution in [0.15, 0.2) is 18.2 Å². The standard InChI is InChI=1S/C14H17FN2O/c1-10-9-18-11(2)7-17(10)8-13-5-12(6-16)3-4-14(13)15/h3-5,10-11H,7-9H2,1-2H3/t10-,11+/m1/s1. The minimum absolute atomic E-state index is 0.170. The van der Waals surface area contributed by atoms with Crippen molar-refractivity contribution >= 4 is 0 Å². The van der Waals surface area contributed by atoms with Gasteiger partial charge < -0.3 is 4.74 Å². The first-order chi connectivity index (χ1) is 8.60. The molecule has 0 amide bonds. The Hall–Kier alpha value is -1.44. The fourth-order valence-electron chi connectivity index (χ4n) is 2.18. The third kappa shape index (κ3) is 2.87. The molecule has 3 nitrogen and oxygen atoms in total. The fraction of sp³-hybridized carbons (Fsp3) is 0.500. The molecule has 1 heterocycles. The summed E-state index contributed by atoms with van der Waals surface area (Å²) in [5, 5.41) is 8.85. The van der Waals surface area contributed by atoms with E-state index in [9.17, 15) is 4.39 Å². The maximum atomic E-state index is 13.7. The minimum Gasteiger partial charge on any atom is -0.376 e. The van der Waals surface area contributed by atoms with Crippen molar-refractivity contribution in [2.45, 2.75) is 32.5 Å². The summed E-state index contributed by atoms with van der Waals surface area (Å²) in [6, 6.07) is 6.81. The summed E-state index contributed by atoms with van der Waals surface area (Å²) in [4.78, 5) is 2.19. The quantitative estimate of drug-likeness (QED) is 0.805. The van der Waals surface area contributed by atoms with Crippen LogP contribution in [0.4, 0.5) is 4.39 Å². The first-order valence-corrected chi connectivity index (χ1v) is 6.14. The van der Waals surface area contributed by atoms with Gasteiger partial charge in [0, 0.05) is 24.7 Å². The molecule has 0 N–H and O–H groups in total. The zero-order valence-corrected chi connectivity index (χ0v) is 10.7. The van der Waals surface area contributed by atoms with E-state index in [0.717, 1.165) is 6.54 Å². The molecule has 1 fully saturated rings. The predicted molar refractivity (Wildman–Crippen MR) is 66.4 cm³/mol. The average molecular weight is 248 g/mol. The molecule has 2 atom stereocenters. The van der Waals surface area contributed by atoms with Gasteiger partial charge in [-0.25, -0.2) is 4.39 Å². The molecule has 0 aliphatic carbocycles. The molecule has 1 aliphatic rings. The minimum atomic E-state index is -0.250. The number of rotatable bonds is 2. The lowest BCUT2D eigenvalue weighted by molar-refractivity contribution is -0.0529. The number of morpholine rings is 1. The molecule has 96 valence electrons. The van der Waals surface area contributed by atoms with E-state index >= 15 is 0 Å². The van der Waals surface area contributed by atoms with Crippen LogP contribution in [0.5, 0.6) is 0 Å². The van der Waals surface area contributed by atoms with Gasteiger partial charge in [0.15, 0.2) is 0 Å². The van der Waals surface area contributed by atoms with E-state index in [1.54, 1.807) is 6.07 Å². The summed E-state index contributed by atoms with van der Waals surface area (Å²) in [6.07, 6.45) is 0.170. The van der Waals surface area contributed by atoms with Crippen LogP contribution in [-0.4, -0.2) is 30.2 Å². The van der Waals surface area contributed by atoms with Gasteiger partial charge >= 0.3 is 0 Å². The third-order valence-electron chi connectivity index (χ3n) is 3.29. The molecule has 0 radical (unpaired) electrons. The number of hydrogen-bond donors (Lipinski definition) is 0. The van der Waals surface area contributed by atoms with E-state index in [2.05, 4.69) is 11.8 Å². The van der Waals surface area contributed by atoms with Crippen molar-refractivity contribution in [3.8, 4) is 6.07 Å². The molecule has 1 aromatic rings. The first kappa shape index (κ1) is 13.0. The second kappa shape index (κ2) is 5.47. The van der Waals surface area contributed by atoms with E-state index in [1.807, 2.05) is 13.0 Å². The van der Waals surface area contributed by atoms with Gasteiger partial charge in [0.25, 0.3) is 0 Å². The maximum absolute atomic E-state index is 13.7. The molecular formula is C14H17FN2O. The number of ether oxygens (including phenoxy) is 1. The van der Waals surface area contributed by atoms with E-state index in [1.165, 1.54) is 12.1 Å². The highest BCUT2D eigenvalue weighted by atomic mass is 19.1. The molecule has 0 saturated carbocycles. The molecule has 2 rings (SSSR count). The summed E-state index contributed by atoms with van der Waals surface area (Å²) in [7, 11) is 0. The number of nitrogens with zero attached hydrogens (tertiary/aromatic N) is 2. The molecule has 1 aliphatic heterocycles. The molecule has 0 spiro atoms. The average Bonchev–Trinajstić information content (AvgIpc) is 2.36. The summed E-state index contributed by atoms with van der Waals surface area (Å²) in [5.41, 5.74) is 1.08. The largest absolute Gasteiger partial charge is 0.376 e. The second-order valence-corrected chi connectivity index (χ2v) is 4.84. The van der Waals surface area contributed by atoms with Crippen LogP contribution in [-0.2, 0) is 11.3 Å². The summed E-state index contributed by atoms with van der Waals surface area (Å²) < 4.78 is 19.3. The topological polar surface area (TPSA) is 36.3 Å². The Morgan fingerprint density at radius 1 is 1.50 bits per heavy atom. The Bertz CT molecular complexity index is 469. The van der Waals surface area contributed by atoms with Crippen LogP contribution in [0.3, 0.4) is 0 Å². The van der Waals surface area contributed by atoms with Crippen LogP contribution in [0.2, 0.25) is 0 Å². The highest BCUT2D eigenvalue weighted by Gasteiger charge is 2.24. The van der Waals surface area contributed by atoms with Gasteiger partial charge in [-0.3, -0.25) is 4.90 Å². The normalized spacial score (nSPS) is 24.8. The van der Waals surface area contributed by atoms with Crippen molar-refractivity contribution < 1.29 is 9.13 Å². The van der Waals surface area contributed by atoms with Crippen molar-refractivity contribution in [2.75, 3.05) is 13.2 Å². The van der Waals surface area contributed by atoms with E-state index in [0.29, 0.717) is 24.3 Å². The highest BCUT2D eigenvalue weighted by molar-refractivity contribution is 5.33. The zero-order chi connectivity index (χ0) is 13.1. The van der Waals surface area contributed by atoms with Crippen molar-refractivity contribution in [3.05, 3.63) is 35.1 Å². The Labute approximate surface area is 107 Å². The Kier molecular flexibility index (Phi) is 3.95. The lowest BCUT2D eigenvalue weighted by Crippen LogP contribution is -2.46. The molecule has 0 aromatic heterocycles. The van der Waals surface area contributed by atoms with E-state index in [4.69, 9.17) is 10.00 Å². The van der Waals surface area contributed by atoms with Gasteiger partial charge in [0.1, 0.15) is 5.82 Å². The van der Waals surface area contributed by atoms with Crippen LogP contribution < -0.4 is 0 Å². The number of halogens is 1. The van der Waals surface area contributed by atoms with Gasteiger partial charge in [-0.2, -0.15) is 5.26 Å². The first-order valence-electron chi connectivity index (χ1n) is 6.14. The lowest BCUT2D eigenvalue weighted by Gasteiger charge is -2.36. The van der Waals surface area contributed by atoms with Gasteiger partial charge in [0.05, 0.1) is 24.3 Å². The molecular weight excluding hydrogens is 231 g/mol. The lowest BCUT2D eigenvalue weighted by atomic mass is 10.1. The smallest absolute Gasteiger partial charge is 0.127 e. The van der Waals surface area contributed by atoms with E-state index < -0.39 is 0 Å². The molecule has 0 unspecified atom stereocenters. The summed E-state index contributed by atoms with van der Waals surface area (Å²) in [5.74, 6) is -0.250. The molecule has 0 bridgehead atoms. The molecule has 1 saturated heterocycles. The van der Waals surface area contributed by atoms with Crippen LogP contribution >= 0.6 is 0 Å². The third-order valence-corrected chi connectivity index (χ3v) is 3.29. The number of benzene rings is 1. The molecule has 18 heavy (non-hydrogen) atoms. The van der Waals surface area contributed by atoms with Crippen molar-refractivity contribution in [3.63, 3.8) is 0 Å². The maximum Gasteiger partial charge on any atom is 0.127 e. The van der Waals surface area contributed by atoms with Gasteiger partial charge in [0.2, 0.25) is 0 Å². The van der Waals surface area contributed by atoms with Crippen LogP contribution in [0, 0.1) is 17.1 Å². The SMILES string of the molecule is C[C@@H]1CO[C@@H](C)CN1Cc1cc(C#N)ccc1F. The summed E-state index contributed by atoms with van der Waals surface area (Å²) in [6.45, 7) is 6.06. The van der Waals surface area contributed by atoms with Crippen LogP contribution in [0.25, 0.3) is 0 Å². The predicted octanol–water partition coefficient (Wildman–Crippen LogP) is 2.31. The number of nitriles is 1. The van der Waals surface area contributed by atoms with Gasteiger partial charge in [-0.1, -0.05) is 0 Å². The molecule has 4 heteroatoms. The molecule has 1 aromatic carbocycles. The monoisotopic (exact) mass is 248 g/mol. The Morgan fingerprint density at radius 3 is 3.00 bits per heavy atom. The van der Waals surface area contributed by atoms with Crippen molar-refractivity contribution in [1.29, 1.82) is 5.26 Å². The van der Waals surface area contributed by atoms with Gasteiger partial charge in [-0.05, 0) is 32.0 Å². The fourth-order valence-corrected chi connectivity index (χ4v) is 2.18. The van der Waals surface area contributed by atoms with Crippen molar-refractivity contribution in [1.82, 2.24) is 4.90 Å².